The summed E-state index contributed by atoms with van der Waals surface area (Å²) in [6.07, 6.45) is 2.70. The van der Waals surface area contributed by atoms with Crippen molar-refractivity contribution in [1.29, 1.82) is 0 Å². The minimum atomic E-state index is -0.761. The molecule has 0 radical (unpaired) electrons. The van der Waals surface area contributed by atoms with Crippen LogP contribution >= 0.6 is 21.6 Å². The lowest BCUT2D eigenvalue weighted by Gasteiger charge is -1.97. The maximum Gasteiger partial charge on any atom is 0.303 e. The summed E-state index contributed by atoms with van der Waals surface area (Å²) in [4.78, 5) is 11.0. The van der Waals surface area contributed by atoms with E-state index in [1.807, 2.05) is 6.26 Å². The zero-order chi connectivity index (χ0) is 7.98. The third-order valence-electron chi connectivity index (χ3n) is 0.819. The topological polar surface area (TPSA) is 37.3 Å². The van der Waals surface area contributed by atoms with Gasteiger partial charge in [-0.15, -0.1) is 0 Å². The Morgan fingerprint density at radius 2 is 2.20 bits per heavy atom. The van der Waals surface area contributed by atoms with Crippen molar-refractivity contribution in [2.24, 2.45) is 0 Å². The molecule has 1 N–H and O–H groups in total. The maximum atomic E-state index is 10.1. The number of hydrogen-bond acceptors (Lipinski definition) is 3. The van der Waals surface area contributed by atoms with Gasteiger partial charge in [-0.25, -0.2) is 0 Å². The Labute approximate surface area is 68.5 Å². The number of allylic oxidation sites excluding steroid dienone is 1. The predicted octanol–water partition coefficient (Wildman–Crippen LogP) is 2.38. The highest BCUT2D eigenvalue weighted by molar-refractivity contribution is 8.77. The summed E-state index contributed by atoms with van der Waals surface area (Å²) >= 11 is 0. The summed E-state index contributed by atoms with van der Waals surface area (Å²) in [7, 11) is 3.12. The largest absolute Gasteiger partial charge is 0.481 e. The summed E-state index contributed by atoms with van der Waals surface area (Å²) in [6, 6.07) is 0. The van der Waals surface area contributed by atoms with Crippen molar-refractivity contribution in [3.63, 3.8) is 0 Å². The normalized spacial score (nSPS) is 9.30. The molecule has 0 aliphatic rings. The van der Waals surface area contributed by atoms with Crippen LogP contribution in [-0.4, -0.2) is 17.3 Å². The second-order valence-corrected chi connectivity index (χ2v) is 4.26. The minimum absolute atomic E-state index is 0.187. The van der Waals surface area contributed by atoms with Gasteiger partial charge in [0.05, 0.1) is 0 Å². The lowest BCUT2D eigenvalue weighted by molar-refractivity contribution is -0.136. The SMILES string of the molecule is C=C(CCC(=O)O)SSC. The molecule has 4 heteroatoms. The van der Waals surface area contributed by atoms with Crippen LogP contribution in [0.25, 0.3) is 0 Å². The van der Waals surface area contributed by atoms with Crippen molar-refractivity contribution >= 4 is 27.6 Å². The predicted molar refractivity (Wildman–Crippen MR) is 47.1 cm³/mol. The maximum absolute atomic E-state index is 10.1. The molecule has 0 unspecified atom stereocenters. The second-order valence-electron chi connectivity index (χ2n) is 1.68. The van der Waals surface area contributed by atoms with Gasteiger partial charge in [-0.05, 0) is 17.6 Å². The fourth-order valence-electron chi connectivity index (χ4n) is 0.406. The van der Waals surface area contributed by atoms with Crippen molar-refractivity contribution in [2.45, 2.75) is 12.8 Å². The first-order valence-electron chi connectivity index (χ1n) is 2.77. The quantitative estimate of drug-likeness (QED) is 0.656. The van der Waals surface area contributed by atoms with E-state index >= 15 is 0 Å². The van der Waals surface area contributed by atoms with E-state index in [9.17, 15) is 4.79 Å². The molecule has 0 aliphatic heterocycles. The molecule has 0 aromatic carbocycles. The van der Waals surface area contributed by atoms with Crippen molar-refractivity contribution in [1.82, 2.24) is 0 Å². The van der Waals surface area contributed by atoms with E-state index in [1.54, 1.807) is 10.8 Å². The second kappa shape index (κ2) is 5.68. The molecule has 0 aromatic rings. The molecular weight excluding hydrogens is 168 g/mol. The van der Waals surface area contributed by atoms with Crippen molar-refractivity contribution in [3.05, 3.63) is 11.5 Å². The Morgan fingerprint density at radius 3 is 2.60 bits per heavy atom. The van der Waals surface area contributed by atoms with Crippen molar-refractivity contribution in [3.8, 4) is 0 Å². The highest BCUT2D eigenvalue weighted by Crippen LogP contribution is 2.28. The van der Waals surface area contributed by atoms with Gasteiger partial charge in [-0.3, -0.25) is 4.79 Å². The average Bonchev–Trinajstić information content (AvgIpc) is 1.85. The van der Waals surface area contributed by atoms with Gasteiger partial charge in [-0.1, -0.05) is 28.2 Å². The Kier molecular flexibility index (Phi) is 5.63. The standard InChI is InChI=1S/C6H10O2S2/c1-5(10-9-2)3-4-6(7)8/h1,3-4H2,2H3,(H,7,8). The van der Waals surface area contributed by atoms with Crippen LogP contribution in [0.3, 0.4) is 0 Å². The van der Waals surface area contributed by atoms with Crippen LogP contribution in [0.1, 0.15) is 12.8 Å². The Balaban J connectivity index is 3.30. The van der Waals surface area contributed by atoms with Crippen LogP contribution in [0.4, 0.5) is 0 Å². The fourth-order valence-corrected chi connectivity index (χ4v) is 1.78. The van der Waals surface area contributed by atoms with Crippen LogP contribution in [0.5, 0.6) is 0 Å². The molecule has 58 valence electrons. The van der Waals surface area contributed by atoms with Crippen LogP contribution in [0, 0.1) is 0 Å². The van der Waals surface area contributed by atoms with Gasteiger partial charge >= 0.3 is 5.97 Å². The van der Waals surface area contributed by atoms with Gasteiger partial charge in [0.2, 0.25) is 0 Å². The molecule has 0 aliphatic carbocycles. The van der Waals surface area contributed by atoms with Crippen LogP contribution in [0.15, 0.2) is 11.5 Å². The average molecular weight is 178 g/mol. The van der Waals surface area contributed by atoms with Crippen LogP contribution in [-0.2, 0) is 4.79 Å². The smallest absolute Gasteiger partial charge is 0.303 e. The number of aliphatic carboxylic acids is 1. The third-order valence-corrected chi connectivity index (χ3v) is 2.63. The van der Waals surface area contributed by atoms with E-state index in [1.165, 1.54) is 10.8 Å². The van der Waals surface area contributed by atoms with Crippen LogP contribution in [0.2, 0.25) is 0 Å². The molecule has 0 saturated carbocycles. The molecular formula is C6H10O2S2. The van der Waals surface area contributed by atoms with Gasteiger partial charge in [0, 0.05) is 6.42 Å². The third kappa shape index (κ3) is 6.04. The summed E-state index contributed by atoms with van der Waals surface area (Å²) in [5.41, 5.74) is 0. The van der Waals surface area contributed by atoms with Gasteiger partial charge in [0.1, 0.15) is 0 Å². The van der Waals surface area contributed by atoms with E-state index in [-0.39, 0.29) is 6.42 Å². The molecule has 0 aromatic heterocycles. The fraction of sp³-hybridized carbons (Fsp3) is 0.500. The van der Waals surface area contributed by atoms with Crippen molar-refractivity contribution < 1.29 is 9.90 Å². The van der Waals surface area contributed by atoms with Gasteiger partial charge in [0.25, 0.3) is 0 Å². The van der Waals surface area contributed by atoms with E-state index in [2.05, 4.69) is 6.58 Å². The highest BCUT2D eigenvalue weighted by Gasteiger charge is 1.98. The summed E-state index contributed by atoms with van der Waals surface area (Å²) in [5, 5.41) is 8.27. The Morgan fingerprint density at radius 1 is 1.60 bits per heavy atom. The van der Waals surface area contributed by atoms with Gasteiger partial charge in [-0.2, -0.15) is 0 Å². The highest BCUT2D eigenvalue weighted by atomic mass is 33.1. The van der Waals surface area contributed by atoms with E-state index in [4.69, 9.17) is 5.11 Å². The number of carbonyl (C=O) groups is 1. The number of carboxylic acid groups (broad SMARTS) is 1. The molecule has 0 rings (SSSR count). The molecule has 0 amide bonds. The van der Waals surface area contributed by atoms with E-state index < -0.39 is 5.97 Å². The minimum Gasteiger partial charge on any atom is -0.481 e. The van der Waals surface area contributed by atoms with E-state index in [0.717, 1.165) is 4.91 Å². The Bertz CT molecular complexity index is 134. The van der Waals surface area contributed by atoms with E-state index in [0.29, 0.717) is 6.42 Å². The summed E-state index contributed by atoms with van der Waals surface area (Å²) in [5.74, 6) is -0.761. The molecule has 0 fully saturated rings. The molecule has 0 bridgehead atoms. The molecule has 0 heterocycles. The zero-order valence-electron chi connectivity index (χ0n) is 5.79. The summed E-state index contributed by atoms with van der Waals surface area (Å²) < 4.78 is 0. The monoisotopic (exact) mass is 178 g/mol. The Hall–Kier alpha value is -0.0900. The molecule has 2 nitrogen and oxygen atoms in total. The lowest BCUT2D eigenvalue weighted by Crippen LogP contribution is -1.93. The van der Waals surface area contributed by atoms with Gasteiger partial charge in [0.15, 0.2) is 0 Å². The van der Waals surface area contributed by atoms with Crippen molar-refractivity contribution in [2.75, 3.05) is 6.26 Å². The van der Waals surface area contributed by atoms with Crippen LogP contribution < -0.4 is 0 Å². The summed E-state index contributed by atoms with van der Waals surface area (Å²) in [6.45, 7) is 3.70. The van der Waals surface area contributed by atoms with Gasteiger partial charge < -0.3 is 5.11 Å². The first-order chi connectivity index (χ1) is 4.66. The number of rotatable bonds is 5. The molecule has 0 saturated heterocycles. The lowest BCUT2D eigenvalue weighted by atomic mass is 10.3. The first-order valence-corrected chi connectivity index (χ1v) is 5.33. The number of carboxylic acids is 1. The zero-order valence-corrected chi connectivity index (χ0v) is 7.43. The first kappa shape index (κ1) is 9.91. The molecule has 10 heavy (non-hydrogen) atoms. The number of hydrogen-bond donors (Lipinski definition) is 1. The molecule has 0 atom stereocenters. The molecule has 0 spiro atoms.